The number of ether oxygens (including phenoxy) is 1. The molecule has 2 aromatic carbocycles. The molecule has 21 heavy (non-hydrogen) atoms. The Hall–Kier alpha value is -2.17. The zero-order chi connectivity index (χ0) is 14.9. The van der Waals surface area contributed by atoms with Crippen LogP contribution in [-0.2, 0) is 19.1 Å². The van der Waals surface area contributed by atoms with Gasteiger partial charge in [-0.05, 0) is 41.5 Å². The van der Waals surface area contributed by atoms with Gasteiger partial charge in [0, 0.05) is 18.7 Å². The van der Waals surface area contributed by atoms with E-state index in [2.05, 4.69) is 5.32 Å². The third-order valence-corrected chi connectivity index (χ3v) is 3.44. The van der Waals surface area contributed by atoms with Crippen LogP contribution in [0.15, 0.2) is 42.5 Å². The van der Waals surface area contributed by atoms with E-state index in [0.29, 0.717) is 18.7 Å². The predicted molar refractivity (Wildman–Crippen MR) is 74.4 cm³/mol. The lowest BCUT2D eigenvalue weighted by molar-refractivity contribution is -0.137. The molecule has 0 aromatic heterocycles. The van der Waals surface area contributed by atoms with E-state index in [4.69, 9.17) is 4.74 Å². The van der Waals surface area contributed by atoms with Crippen molar-refractivity contribution >= 4 is 5.69 Å². The van der Waals surface area contributed by atoms with E-state index >= 15 is 0 Å². The third kappa shape index (κ3) is 3.12. The standard InChI is InChI=1S/C16H14F3NO/c17-16(18,19)13-3-1-2-11(8-13)10-20-14-4-5-15-12(9-14)6-7-21-15/h1-5,8-9,20H,6-7,10H2. The van der Waals surface area contributed by atoms with Gasteiger partial charge >= 0.3 is 6.18 Å². The molecule has 0 bridgehead atoms. The molecule has 2 aromatic rings. The highest BCUT2D eigenvalue weighted by Crippen LogP contribution is 2.30. The molecule has 110 valence electrons. The third-order valence-electron chi connectivity index (χ3n) is 3.44. The lowest BCUT2D eigenvalue weighted by atomic mass is 10.1. The SMILES string of the molecule is FC(F)(F)c1cccc(CNc2ccc3c(c2)CCO3)c1. The van der Waals surface area contributed by atoms with Crippen LogP contribution in [0, 0.1) is 0 Å². The van der Waals surface area contributed by atoms with Gasteiger partial charge in [-0.15, -0.1) is 0 Å². The highest BCUT2D eigenvalue weighted by molar-refractivity contribution is 5.52. The molecule has 5 heteroatoms. The van der Waals surface area contributed by atoms with Crippen LogP contribution >= 0.6 is 0 Å². The minimum absolute atomic E-state index is 0.351. The van der Waals surface area contributed by atoms with Crippen molar-refractivity contribution in [3.05, 3.63) is 59.2 Å². The molecule has 0 saturated carbocycles. The number of halogens is 3. The highest BCUT2D eigenvalue weighted by Gasteiger charge is 2.30. The average molecular weight is 293 g/mol. The maximum absolute atomic E-state index is 12.6. The summed E-state index contributed by atoms with van der Waals surface area (Å²) in [6.07, 6.45) is -3.44. The second-order valence-corrected chi connectivity index (χ2v) is 4.97. The van der Waals surface area contributed by atoms with Crippen LogP contribution < -0.4 is 10.1 Å². The van der Waals surface area contributed by atoms with Gasteiger partial charge < -0.3 is 10.1 Å². The maximum Gasteiger partial charge on any atom is 0.416 e. The number of alkyl halides is 3. The van der Waals surface area contributed by atoms with E-state index < -0.39 is 11.7 Å². The van der Waals surface area contributed by atoms with Crippen LogP contribution in [0.3, 0.4) is 0 Å². The van der Waals surface area contributed by atoms with Crippen molar-refractivity contribution in [3.8, 4) is 5.75 Å². The van der Waals surface area contributed by atoms with Gasteiger partial charge in [-0.25, -0.2) is 0 Å². The maximum atomic E-state index is 12.6. The first-order valence-corrected chi connectivity index (χ1v) is 6.68. The Kier molecular flexibility index (Phi) is 3.49. The van der Waals surface area contributed by atoms with Gasteiger partial charge in [-0.1, -0.05) is 12.1 Å². The lowest BCUT2D eigenvalue weighted by Crippen LogP contribution is -2.06. The summed E-state index contributed by atoms with van der Waals surface area (Å²) in [7, 11) is 0. The molecule has 0 saturated heterocycles. The fraction of sp³-hybridized carbons (Fsp3) is 0.250. The molecule has 0 fully saturated rings. The van der Waals surface area contributed by atoms with Crippen LogP contribution in [0.1, 0.15) is 16.7 Å². The first-order chi connectivity index (χ1) is 10.0. The van der Waals surface area contributed by atoms with Gasteiger partial charge in [0.2, 0.25) is 0 Å². The molecule has 0 atom stereocenters. The van der Waals surface area contributed by atoms with Gasteiger partial charge in [0.05, 0.1) is 12.2 Å². The minimum Gasteiger partial charge on any atom is -0.493 e. The van der Waals surface area contributed by atoms with Crippen molar-refractivity contribution in [2.45, 2.75) is 19.1 Å². The van der Waals surface area contributed by atoms with Crippen molar-refractivity contribution in [3.63, 3.8) is 0 Å². The zero-order valence-corrected chi connectivity index (χ0v) is 11.2. The Balaban J connectivity index is 1.70. The molecular formula is C16H14F3NO. The summed E-state index contributed by atoms with van der Waals surface area (Å²) < 4.78 is 43.4. The van der Waals surface area contributed by atoms with Gasteiger partial charge in [-0.2, -0.15) is 13.2 Å². The lowest BCUT2D eigenvalue weighted by Gasteiger charge is -2.11. The molecule has 0 amide bonds. The summed E-state index contributed by atoms with van der Waals surface area (Å²) in [4.78, 5) is 0. The molecule has 3 rings (SSSR count). The van der Waals surface area contributed by atoms with E-state index in [0.717, 1.165) is 29.5 Å². The predicted octanol–water partition coefficient (Wildman–Crippen LogP) is 4.25. The fourth-order valence-corrected chi connectivity index (χ4v) is 2.36. The van der Waals surface area contributed by atoms with Gasteiger partial charge in [-0.3, -0.25) is 0 Å². The summed E-state index contributed by atoms with van der Waals surface area (Å²) >= 11 is 0. The summed E-state index contributed by atoms with van der Waals surface area (Å²) in [6, 6.07) is 11.1. The van der Waals surface area contributed by atoms with Crippen molar-refractivity contribution in [1.82, 2.24) is 0 Å². The van der Waals surface area contributed by atoms with Crippen molar-refractivity contribution in [2.75, 3.05) is 11.9 Å². The summed E-state index contributed by atoms with van der Waals surface area (Å²) in [5, 5.41) is 3.15. The van der Waals surface area contributed by atoms with Gasteiger partial charge in [0.25, 0.3) is 0 Å². The Morgan fingerprint density at radius 2 is 1.95 bits per heavy atom. The van der Waals surface area contributed by atoms with E-state index in [9.17, 15) is 13.2 Å². The number of benzene rings is 2. The first-order valence-electron chi connectivity index (χ1n) is 6.68. The molecule has 1 N–H and O–H groups in total. The molecule has 0 radical (unpaired) electrons. The van der Waals surface area contributed by atoms with Crippen molar-refractivity contribution in [1.29, 1.82) is 0 Å². The molecule has 0 unspecified atom stereocenters. The summed E-state index contributed by atoms with van der Waals surface area (Å²) in [5.74, 6) is 0.889. The summed E-state index contributed by atoms with van der Waals surface area (Å²) in [6.45, 7) is 1.04. The highest BCUT2D eigenvalue weighted by atomic mass is 19.4. The fourth-order valence-electron chi connectivity index (χ4n) is 2.36. The smallest absolute Gasteiger partial charge is 0.416 e. The van der Waals surface area contributed by atoms with E-state index in [-0.39, 0.29) is 0 Å². The molecule has 0 spiro atoms. The molecule has 1 aliphatic rings. The molecular weight excluding hydrogens is 279 g/mol. The Labute approximate surface area is 120 Å². The number of anilines is 1. The monoisotopic (exact) mass is 293 g/mol. The Morgan fingerprint density at radius 1 is 1.10 bits per heavy atom. The summed E-state index contributed by atoms with van der Waals surface area (Å²) in [5.41, 5.74) is 1.99. The van der Waals surface area contributed by atoms with Crippen LogP contribution in [0.2, 0.25) is 0 Å². The van der Waals surface area contributed by atoms with Gasteiger partial charge in [0.1, 0.15) is 5.75 Å². The number of fused-ring (bicyclic) bond motifs is 1. The Bertz CT molecular complexity index is 652. The van der Waals surface area contributed by atoms with Crippen LogP contribution in [0.25, 0.3) is 0 Å². The van der Waals surface area contributed by atoms with Crippen LogP contribution in [0.5, 0.6) is 5.75 Å². The first kappa shape index (κ1) is 13.8. The molecule has 1 aliphatic heterocycles. The van der Waals surface area contributed by atoms with E-state index in [1.54, 1.807) is 6.07 Å². The van der Waals surface area contributed by atoms with Crippen LogP contribution in [-0.4, -0.2) is 6.61 Å². The molecule has 0 aliphatic carbocycles. The van der Waals surface area contributed by atoms with Crippen LogP contribution in [0.4, 0.5) is 18.9 Å². The van der Waals surface area contributed by atoms with Gasteiger partial charge in [0.15, 0.2) is 0 Å². The number of nitrogens with one attached hydrogen (secondary N) is 1. The quantitative estimate of drug-likeness (QED) is 0.913. The minimum atomic E-state index is -4.30. The van der Waals surface area contributed by atoms with Crippen molar-refractivity contribution in [2.24, 2.45) is 0 Å². The average Bonchev–Trinajstić information content (AvgIpc) is 2.92. The molecule has 1 heterocycles. The Morgan fingerprint density at radius 3 is 2.76 bits per heavy atom. The number of rotatable bonds is 3. The second kappa shape index (κ2) is 5.31. The van der Waals surface area contributed by atoms with Crippen molar-refractivity contribution < 1.29 is 17.9 Å². The van der Waals surface area contributed by atoms with E-state index in [1.807, 2.05) is 18.2 Å². The number of hydrogen-bond donors (Lipinski definition) is 1. The largest absolute Gasteiger partial charge is 0.493 e. The topological polar surface area (TPSA) is 21.3 Å². The molecule has 2 nitrogen and oxygen atoms in total. The number of hydrogen-bond acceptors (Lipinski definition) is 2. The van der Waals surface area contributed by atoms with E-state index in [1.165, 1.54) is 12.1 Å². The second-order valence-electron chi connectivity index (χ2n) is 4.97. The zero-order valence-electron chi connectivity index (χ0n) is 11.2. The normalized spacial score (nSPS) is 13.7.